The molecule has 2 heterocycles. The van der Waals surface area contributed by atoms with Crippen molar-refractivity contribution in [2.75, 3.05) is 53.4 Å². The van der Waals surface area contributed by atoms with Crippen LogP contribution in [-0.2, 0) is 6.54 Å². The zero-order valence-electron chi connectivity index (χ0n) is 17.2. The van der Waals surface area contributed by atoms with Crippen molar-refractivity contribution >= 4 is 5.96 Å². The molecule has 0 saturated carbocycles. The summed E-state index contributed by atoms with van der Waals surface area (Å²) in [5, 5.41) is 6.83. The molecule has 0 aliphatic carbocycles. The van der Waals surface area contributed by atoms with Crippen molar-refractivity contribution < 1.29 is 0 Å². The van der Waals surface area contributed by atoms with Crippen LogP contribution in [0, 0.1) is 0 Å². The van der Waals surface area contributed by atoms with Crippen LogP contribution in [0.5, 0.6) is 0 Å². The zero-order valence-corrected chi connectivity index (χ0v) is 17.2. The fourth-order valence-electron chi connectivity index (χ4n) is 3.75. The highest BCUT2D eigenvalue weighted by atomic mass is 15.3. The van der Waals surface area contributed by atoms with Crippen molar-refractivity contribution in [3.8, 4) is 0 Å². The molecule has 0 amide bonds. The fourth-order valence-corrected chi connectivity index (χ4v) is 3.75. The van der Waals surface area contributed by atoms with Gasteiger partial charge >= 0.3 is 0 Å². The third-order valence-electron chi connectivity index (χ3n) is 5.35. The standard InChI is InChI=1S/C22H34N6/c1-23-22(25-12-16-27-13-6-7-14-27)24-11-8-15-28-18-17-26(2)19-21(28)20-9-4-3-5-10-20/h3-7,9-10,13-14,21H,8,11-12,15-19H2,1-2H3,(H2,23,24,25). The summed E-state index contributed by atoms with van der Waals surface area (Å²) < 4.78 is 2.16. The summed E-state index contributed by atoms with van der Waals surface area (Å²) in [6, 6.07) is 15.5. The number of hydrogen-bond acceptors (Lipinski definition) is 3. The van der Waals surface area contributed by atoms with Gasteiger partial charge in [0.25, 0.3) is 0 Å². The Labute approximate surface area is 169 Å². The molecule has 1 aromatic carbocycles. The van der Waals surface area contributed by atoms with E-state index in [1.807, 2.05) is 19.2 Å². The van der Waals surface area contributed by atoms with Gasteiger partial charge in [-0.15, -0.1) is 0 Å². The summed E-state index contributed by atoms with van der Waals surface area (Å²) in [7, 11) is 4.05. The molecule has 0 radical (unpaired) electrons. The Kier molecular flexibility index (Phi) is 7.94. The first-order chi connectivity index (χ1) is 13.8. The van der Waals surface area contributed by atoms with E-state index in [1.165, 1.54) is 5.56 Å². The second kappa shape index (κ2) is 10.9. The molecular formula is C22H34N6. The molecule has 1 atom stereocenters. The fraction of sp³-hybridized carbons (Fsp3) is 0.500. The predicted molar refractivity (Wildman–Crippen MR) is 117 cm³/mol. The Morgan fingerprint density at radius 1 is 1.00 bits per heavy atom. The number of piperazine rings is 1. The monoisotopic (exact) mass is 382 g/mol. The minimum atomic E-state index is 0.485. The Bertz CT molecular complexity index is 697. The summed E-state index contributed by atoms with van der Waals surface area (Å²) in [6.07, 6.45) is 5.26. The predicted octanol–water partition coefficient (Wildman–Crippen LogP) is 2.03. The van der Waals surface area contributed by atoms with E-state index in [1.54, 1.807) is 0 Å². The van der Waals surface area contributed by atoms with Gasteiger partial charge in [-0.2, -0.15) is 0 Å². The molecule has 0 spiro atoms. The largest absolute Gasteiger partial charge is 0.356 e. The number of nitrogens with one attached hydrogen (secondary N) is 2. The highest BCUT2D eigenvalue weighted by Crippen LogP contribution is 2.24. The molecule has 2 aromatic rings. The van der Waals surface area contributed by atoms with E-state index in [0.717, 1.165) is 58.2 Å². The molecule has 2 N–H and O–H groups in total. The molecule has 1 unspecified atom stereocenters. The van der Waals surface area contributed by atoms with E-state index >= 15 is 0 Å². The number of guanidine groups is 1. The van der Waals surface area contributed by atoms with Crippen molar-refractivity contribution in [1.29, 1.82) is 0 Å². The van der Waals surface area contributed by atoms with Gasteiger partial charge in [0.05, 0.1) is 0 Å². The van der Waals surface area contributed by atoms with Crippen molar-refractivity contribution in [3.63, 3.8) is 0 Å². The van der Waals surface area contributed by atoms with Crippen LogP contribution in [0.15, 0.2) is 59.9 Å². The average Bonchev–Trinajstić information content (AvgIpc) is 3.25. The molecule has 0 bridgehead atoms. The molecule has 1 aliphatic heterocycles. The molecule has 1 saturated heterocycles. The molecule has 1 aliphatic rings. The maximum atomic E-state index is 4.33. The molecule has 28 heavy (non-hydrogen) atoms. The lowest BCUT2D eigenvalue weighted by Gasteiger charge is -2.40. The lowest BCUT2D eigenvalue weighted by molar-refractivity contribution is 0.0891. The van der Waals surface area contributed by atoms with Crippen LogP contribution < -0.4 is 10.6 Å². The topological polar surface area (TPSA) is 47.8 Å². The summed E-state index contributed by atoms with van der Waals surface area (Å²) in [5.41, 5.74) is 1.42. The summed E-state index contributed by atoms with van der Waals surface area (Å²) in [5.74, 6) is 0.880. The molecule has 6 nitrogen and oxygen atoms in total. The third kappa shape index (κ3) is 6.11. The van der Waals surface area contributed by atoms with Crippen molar-refractivity contribution in [2.45, 2.75) is 19.0 Å². The summed E-state index contributed by atoms with van der Waals surface area (Å²) >= 11 is 0. The minimum Gasteiger partial charge on any atom is -0.356 e. The van der Waals surface area contributed by atoms with Gasteiger partial charge in [-0.1, -0.05) is 30.3 Å². The van der Waals surface area contributed by atoms with Crippen LogP contribution in [0.25, 0.3) is 0 Å². The van der Waals surface area contributed by atoms with Gasteiger partial charge in [0, 0.05) is 71.3 Å². The Morgan fingerprint density at radius 2 is 1.75 bits per heavy atom. The number of nitrogens with zero attached hydrogens (tertiary/aromatic N) is 4. The van der Waals surface area contributed by atoms with E-state index in [9.17, 15) is 0 Å². The molecular weight excluding hydrogens is 348 g/mol. The van der Waals surface area contributed by atoms with E-state index in [2.05, 4.69) is 79.8 Å². The number of aliphatic imine (C=N–C) groups is 1. The Morgan fingerprint density at radius 3 is 2.50 bits per heavy atom. The van der Waals surface area contributed by atoms with Gasteiger partial charge in [0.15, 0.2) is 5.96 Å². The number of benzene rings is 1. The lowest BCUT2D eigenvalue weighted by atomic mass is 10.0. The van der Waals surface area contributed by atoms with E-state index in [0.29, 0.717) is 6.04 Å². The van der Waals surface area contributed by atoms with Crippen LogP contribution in [0.1, 0.15) is 18.0 Å². The van der Waals surface area contributed by atoms with E-state index < -0.39 is 0 Å². The first-order valence-electron chi connectivity index (χ1n) is 10.3. The van der Waals surface area contributed by atoms with Gasteiger partial charge < -0.3 is 20.1 Å². The van der Waals surface area contributed by atoms with Crippen LogP contribution in [-0.4, -0.2) is 73.7 Å². The molecule has 1 aromatic heterocycles. The highest BCUT2D eigenvalue weighted by molar-refractivity contribution is 5.79. The lowest BCUT2D eigenvalue weighted by Crippen LogP contribution is -2.47. The van der Waals surface area contributed by atoms with Crippen molar-refractivity contribution in [3.05, 3.63) is 60.4 Å². The number of rotatable bonds is 8. The molecule has 1 fully saturated rings. The number of aromatic nitrogens is 1. The number of likely N-dealkylation sites (N-methyl/N-ethyl adjacent to an activating group) is 1. The van der Waals surface area contributed by atoms with Gasteiger partial charge in [-0.25, -0.2) is 0 Å². The third-order valence-corrected chi connectivity index (χ3v) is 5.35. The van der Waals surface area contributed by atoms with Gasteiger partial charge in [0.2, 0.25) is 0 Å². The molecule has 3 rings (SSSR count). The Balaban J connectivity index is 1.40. The van der Waals surface area contributed by atoms with E-state index in [-0.39, 0.29) is 0 Å². The molecule has 6 heteroatoms. The van der Waals surface area contributed by atoms with E-state index in [4.69, 9.17) is 0 Å². The van der Waals surface area contributed by atoms with Crippen molar-refractivity contribution in [2.24, 2.45) is 4.99 Å². The van der Waals surface area contributed by atoms with Gasteiger partial charge in [-0.05, 0) is 31.2 Å². The smallest absolute Gasteiger partial charge is 0.191 e. The summed E-state index contributed by atoms with van der Waals surface area (Å²) in [6.45, 7) is 7.19. The maximum absolute atomic E-state index is 4.33. The first-order valence-corrected chi connectivity index (χ1v) is 10.3. The second-order valence-corrected chi connectivity index (χ2v) is 7.42. The van der Waals surface area contributed by atoms with Gasteiger partial charge in [-0.3, -0.25) is 9.89 Å². The first kappa shape index (κ1) is 20.4. The second-order valence-electron chi connectivity index (χ2n) is 7.42. The van der Waals surface area contributed by atoms with Crippen LogP contribution >= 0.6 is 0 Å². The van der Waals surface area contributed by atoms with Crippen LogP contribution in [0.4, 0.5) is 0 Å². The number of hydrogen-bond donors (Lipinski definition) is 2. The highest BCUT2D eigenvalue weighted by Gasteiger charge is 2.25. The summed E-state index contributed by atoms with van der Waals surface area (Å²) in [4.78, 5) is 9.39. The van der Waals surface area contributed by atoms with Crippen LogP contribution in [0.3, 0.4) is 0 Å². The molecule has 152 valence electrons. The quantitative estimate of drug-likeness (QED) is 0.417. The minimum absolute atomic E-state index is 0.485. The zero-order chi connectivity index (χ0) is 19.6. The van der Waals surface area contributed by atoms with Gasteiger partial charge in [0.1, 0.15) is 0 Å². The normalized spacial score (nSPS) is 18.9. The average molecular weight is 383 g/mol. The maximum Gasteiger partial charge on any atom is 0.191 e. The SMILES string of the molecule is CN=C(NCCCN1CCN(C)CC1c1ccccc1)NCCn1cccc1. The Hall–Kier alpha value is -2.31. The van der Waals surface area contributed by atoms with Crippen molar-refractivity contribution in [1.82, 2.24) is 25.0 Å². The van der Waals surface area contributed by atoms with Crippen LogP contribution in [0.2, 0.25) is 0 Å².